The van der Waals surface area contributed by atoms with E-state index in [4.69, 9.17) is 5.73 Å². The minimum Gasteiger partial charge on any atom is -0.364 e. The van der Waals surface area contributed by atoms with E-state index >= 15 is 0 Å². The van der Waals surface area contributed by atoms with Crippen LogP contribution in [0.5, 0.6) is 0 Å². The number of fused-ring (bicyclic) bond motifs is 1. The Labute approximate surface area is 166 Å². The first-order valence-electron chi connectivity index (χ1n) is 9.02. The Morgan fingerprint density at radius 2 is 2.14 bits per heavy atom. The van der Waals surface area contributed by atoms with E-state index in [0.29, 0.717) is 35.2 Å². The number of pyridine rings is 1. The van der Waals surface area contributed by atoms with Crippen LogP contribution in [0.3, 0.4) is 0 Å². The lowest BCUT2D eigenvalue weighted by Gasteiger charge is -2.14. The smallest absolute Gasteiger partial charge is 0.269 e. The van der Waals surface area contributed by atoms with Gasteiger partial charge >= 0.3 is 0 Å². The first-order chi connectivity index (χ1) is 13.8. The molecule has 0 radical (unpaired) electrons. The molecule has 2 aromatic heterocycles. The van der Waals surface area contributed by atoms with Gasteiger partial charge in [-0.2, -0.15) is 5.10 Å². The number of likely N-dealkylation sites (tertiary alicyclic amines) is 1. The van der Waals surface area contributed by atoms with Crippen molar-refractivity contribution in [2.24, 2.45) is 11.1 Å². The minimum absolute atomic E-state index is 0.0463. The molecule has 1 aliphatic heterocycles. The van der Waals surface area contributed by atoms with Crippen LogP contribution >= 0.6 is 0 Å². The van der Waals surface area contributed by atoms with Crippen LogP contribution in [0.4, 0.5) is 4.39 Å². The van der Waals surface area contributed by atoms with Crippen LogP contribution in [0, 0.1) is 23.1 Å². The van der Waals surface area contributed by atoms with Crippen molar-refractivity contribution < 1.29 is 14.0 Å². The molecule has 0 bridgehead atoms. The maximum absolute atomic E-state index is 14.3. The minimum atomic E-state index is -0.791. The van der Waals surface area contributed by atoms with E-state index in [1.807, 2.05) is 0 Å². The summed E-state index contributed by atoms with van der Waals surface area (Å²) in [6.07, 6.45) is 2.17. The molecule has 2 amide bonds. The van der Waals surface area contributed by atoms with E-state index in [1.54, 1.807) is 43.3 Å². The number of primary amides is 1. The zero-order valence-corrected chi connectivity index (χ0v) is 15.9. The van der Waals surface area contributed by atoms with Gasteiger partial charge in [0, 0.05) is 25.4 Å². The number of nitrogens with zero attached hydrogens (tertiary/aromatic N) is 4. The number of hydrogen-bond donors (Lipinski definition) is 1. The summed E-state index contributed by atoms with van der Waals surface area (Å²) in [5.74, 6) is 4.64. The average molecular weight is 391 g/mol. The third-order valence-electron chi connectivity index (χ3n) is 5.05. The summed E-state index contributed by atoms with van der Waals surface area (Å²) in [6.45, 7) is 2.43. The monoisotopic (exact) mass is 391 g/mol. The fraction of sp³-hybridized carbons (Fsp3) is 0.238. The standard InChI is InChI=1S/C21H18FN5O2/c1-21(7-9-26(2)20(21)29)6-5-13-10-14(22)12-15(11-13)27-19-16(4-3-8-24-19)17(25-27)18(23)28/h3-4,8,10-12H,7,9H2,1-2H3,(H2,23,28)/t21-/m1/s1. The summed E-state index contributed by atoms with van der Waals surface area (Å²) >= 11 is 0. The fourth-order valence-corrected chi connectivity index (χ4v) is 3.43. The number of rotatable bonds is 2. The van der Waals surface area contributed by atoms with Crippen molar-refractivity contribution in [2.75, 3.05) is 13.6 Å². The van der Waals surface area contributed by atoms with Gasteiger partial charge in [0.05, 0.1) is 11.1 Å². The van der Waals surface area contributed by atoms with Gasteiger partial charge in [0.1, 0.15) is 11.2 Å². The van der Waals surface area contributed by atoms with E-state index in [-0.39, 0.29) is 11.6 Å². The highest BCUT2D eigenvalue weighted by molar-refractivity contribution is 6.03. The molecule has 2 N–H and O–H groups in total. The summed E-state index contributed by atoms with van der Waals surface area (Å²) in [5, 5.41) is 4.69. The van der Waals surface area contributed by atoms with E-state index in [9.17, 15) is 14.0 Å². The predicted octanol–water partition coefficient (Wildman–Crippen LogP) is 1.88. The van der Waals surface area contributed by atoms with Crippen molar-refractivity contribution in [3.63, 3.8) is 0 Å². The van der Waals surface area contributed by atoms with Crippen molar-refractivity contribution in [3.8, 4) is 17.5 Å². The summed E-state index contributed by atoms with van der Waals surface area (Å²) < 4.78 is 15.7. The second-order valence-electron chi connectivity index (χ2n) is 7.26. The van der Waals surface area contributed by atoms with E-state index in [1.165, 1.54) is 16.8 Å². The molecular weight excluding hydrogens is 373 g/mol. The van der Waals surface area contributed by atoms with Crippen LogP contribution < -0.4 is 5.73 Å². The van der Waals surface area contributed by atoms with E-state index in [0.717, 1.165) is 0 Å². The first-order valence-corrected chi connectivity index (χ1v) is 9.02. The Morgan fingerprint density at radius 1 is 1.34 bits per heavy atom. The summed E-state index contributed by atoms with van der Waals surface area (Å²) in [6, 6.07) is 7.54. The highest BCUT2D eigenvalue weighted by atomic mass is 19.1. The SMILES string of the molecule is CN1CC[C@@](C)(C#Cc2cc(F)cc(-n3nc(C(N)=O)c4cccnc43)c2)C1=O. The first kappa shape index (κ1) is 18.6. The van der Waals surface area contributed by atoms with Gasteiger partial charge < -0.3 is 10.6 Å². The predicted molar refractivity (Wildman–Crippen MR) is 105 cm³/mol. The number of nitrogens with two attached hydrogens (primary N) is 1. The van der Waals surface area contributed by atoms with Gasteiger partial charge in [0.15, 0.2) is 11.3 Å². The van der Waals surface area contributed by atoms with Crippen molar-refractivity contribution >= 4 is 22.8 Å². The van der Waals surface area contributed by atoms with E-state index < -0.39 is 17.1 Å². The van der Waals surface area contributed by atoms with Gasteiger partial charge in [-0.3, -0.25) is 9.59 Å². The number of hydrogen-bond acceptors (Lipinski definition) is 4. The topological polar surface area (TPSA) is 94.1 Å². The molecule has 0 saturated carbocycles. The molecule has 0 spiro atoms. The Kier molecular flexibility index (Phi) is 4.31. The van der Waals surface area contributed by atoms with Crippen LogP contribution in [-0.2, 0) is 4.79 Å². The van der Waals surface area contributed by atoms with Crippen molar-refractivity contribution in [1.82, 2.24) is 19.7 Å². The molecule has 1 atom stereocenters. The molecule has 3 aromatic rings. The third kappa shape index (κ3) is 3.21. The number of carbonyl (C=O) groups excluding carboxylic acids is 2. The Morgan fingerprint density at radius 3 is 2.83 bits per heavy atom. The molecule has 8 heteroatoms. The number of benzene rings is 1. The van der Waals surface area contributed by atoms with Gasteiger partial charge in [0.2, 0.25) is 5.91 Å². The normalized spacial score (nSPS) is 18.7. The number of amides is 2. The lowest BCUT2D eigenvalue weighted by molar-refractivity contribution is -0.131. The molecule has 1 aliphatic rings. The molecule has 7 nitrogen and oxygen atoms in total. The van der Waals surface area contributed by atoms with Crippen LogP contribution in [0.25, 0.3) is 16.7 Å². The molecular formula is C21H18FN5O2. The molecule has 146 valence electrons. The molecule has 3 heterocycles. The molecule has 1 saturated heterocycles. The van der Waals surface area contributed by atoms with Crippen molar-refractivity contribution in [2.45, 2.75) is 13.3 Å². The fourth-order valence-electron chi connectivity index (χ4n) is 3.43. The Hall–Kier alpha value is -3.73. The molecule has 29 heavy (non-hydrogen) atoms. The van der Waals surface area contributed by atoms with Gasteiger partial charge in [0.25, 0.3) is 5.91 Å². The van der Waals surface area contributed by atoms with Crippen LogP contribution in [0.2, 0.25) is 0 Å². The molecule has 4 rings (SSSR count). The second kappa shape index (κ2) is 6.71. The van der Waals surface area contributed by atoms with Crippen LogP contribution in [-0.4, -0.2) is 45.1 Å². The molecule has 0 aliphatic carbocycles. The highest BCUT2D eigenvalue weighted by Crippen LogP contribution is 2.30. The Bertz CT molecular complexity index is 1220. The largest absolute Gasteiger partial charge is 0.364 e. The number of halogens is 1. The highest BCUT2D eigenvalue weighted by Gasteiger charge is 2.39. The van der Waals surface area contributed by atoms with Gasteiger partial charge in [-0.05, 0) is 43.7 Å². The Balaban J connectivity index is 1.80. The lowest BCUT2D eigenvalue weighted by atomic mass is 9.89. The molecule has 0 unspecified atom stereocenters. The average Bonchev–Trinajstić information content (AvgIpc) is 3.20. The van der Waals surface area contributed by atoms with Crippen LogP contribution in [0.15, 0.2) is 36.5 Å². The van der Waals surface area contributed by atoms with E-state index in [2.05, 4.69) is 21.9 Å². The van der Waals surface area contributed by atoms with Crippen LogP contribution in [0.1, 0.15) is 29.4 Å². The quantitative estimate of drug-likeness (QED) is 0.675. The van der Waals surface area contributed by atoms with Gasteiger partial charge in [-0.15, -0.1) is 0 Å². The maximum Gasteiger partial charge on any atom is 0.269 e. The van der Waals surface area contributed by atoms with Crippen molar-refractivity contribution in [1.29, 1.82) is 0 Å². The maximum atomic E-state index is 14.3. The summed E-state index contributed by atoms with van der Waals surface area (Å²) in [5.41, 5.74) is 5.80. The summed E-state index contributed by atoms with van der Waals surface area (Å²) in [7, 11) is 1.74. The number of carbonyl (C=O) groups is 2. The third-order valence-corrected chi connectivity index (χ3v) is 5.05. The molecule has 1 fully saturated rings. The second-order valence-corrected chi connectivity index (χ2v) is 7.26. The van der Waals surface area contributed by atoms with Crippen molar-refractivity contribution in [3.05, 3.63) is 53.6 Å². The number of aromatic nitrogens is 3. The molecule has 1 aromatic carbocycles. The lowest BCUT2D eigenvalue weighted by Crippen LogP contribution is -2.28. The van der Waals surface area contributed by atoms with Gasteiger partial charge in [-0.25, -0.2) is 14.1 Å². The zero-order valence-electron chi connectivity index (χ0n) is 15.9. The summed E-state index contributed by atoms with van der Waals surface area (Å²) in [4.78, 5) is 29.9. The zero-order chi connectivity index (χ0) is 20.8. The van der Waals surface area contributed by atoms with Gasteiger partial charge in [-0.1, -0.05) is 11.8 Å².